The highest BCUT2D eigenvalue weighted by atomic mass is 16.2. The van der Waals surface area contributed by atoms with Gasteiger partial charge in [-0.15, -0.1) is 0 Å². The number of carbonyl (C=O) groups excluding carboxylic acids is 2. The molecule has 0 saturated carbocycles. The Kier molecular flexibility index (Phi) is 5.50. The smallest absolute Gasteiger partial charge is 0.252 e. The summed E-state index contributed by atoms with van der Waals surface area (Å²) in [5.41, 5.74) is 2.24. The number of amides is 2. The summed E-state index contributed by atoms with van der Waals surface area (Å²) in [7, 11) is 0. The van der Waals surface area contributed by atoms with Gasteiger partial charge in [0, 0.05) is 10.9 Å². The van der Waals surface area contributed by atoms with Crippen LogP contribution in [0.2, 0.25) is 0 Å². The molecule has 0 aliphatic heterocycles. The van der Waals surface area contributed by atoms with Gasteiger partial charge in [-0.05, 0) is 42.7 Å². The lowest BCUT2D eigenvalue weighted by molar-refractivity contribution is -0.118. The maximum Gasteiger partial charge on any atom is 0.252 e. The van der Waals surface area contributed by atoms with Crippen molar-refractivity contribution in [3.05, 3.63) is 71.8 Å². The van der Waals surface area contributed by atoms with E-state index in [1.165, 1.54) is 0 Å². The highest BCUT2D eigenvalue weighted by molar-refractivity contribution is 6.02. The second-order valence-corrected chi connectivity index (χ2v) is 6.89. The van der Waals surface area contributed by atoms with E-state index in [4.69, 9.17) is 0 Å². The molecule has 1 atom stereocenters. The number of aromatic nitrogens is 1. The first-order valence-corrected chi connectivity index (χ1v) is 8.99. The number of nitrogens with one attached hydrogen (secondary N) is 2. The molecule has 0 fully saturated rings. The first-order valence-electron chi connectivity index (χ1n) is 8.99. The Morgan fingerprint density at radius 3 is 2.37 bits per heavy atom. The third kappa shape index (κ3) is 4.31. The summed E-state index contributed by atoms with van der Waals surface area (Å²) < 4.78 is 0. The monoisotopic (exact) mass is 361 g/mol. The van der Waals surface area contributed by atoms with Gasteiger partial charge in [0.25, 0.3) is 5.91 Å². The molecule has 1 aromatic heterocycles. The lowest BCUT2D eigenvalue weighted by atomic mass is 10.0. The third-order valence-electron chi connectivity index (χ3n) is 4.48. The lowest BCUT2D eigenvalue weighted by Crippen LogP contribution is -2.47. The number of anilines is 1. The van der Waals surface area contributed by atoms with Crippen molar-refractivity contribution in [2.24, 2.45) is 5.92 Å². The third-order valence-corrected chi connectivity index (χ3v) is 4.48. The van der Waals surface area contributed by atoms with Crippen LogP contribution in [-0.4, -0.2) is 22.8 Å². The molecule has 0 aliphatic carbocycles. The van der Waals surface area contributed by atoms with Crippen LogP contribution in [0.1, 0.15) is 29.8 Å². The largest absolute Gasteiger partial charge is 0.340 e. The Bertz CT molecular complexity index is 982. The van der Waals surface area contributed by atoms with E-state index in [-0.39, 0.29) is 17.7 Å². The summed E-state index contributed by atoms with van der Waals surface area (Å²) >= 11 is 0. The van der Waals surface area contributed by atoms with Crippen LogP contribution in [0, 0.1) is 12.8 Å². The molecule has 3 aromatic rings. The molecular weight excluding hydrogens is 338 g/mol. The molecule has 0 saturated heterocycles. The van der Waals surface area contributed by atoms with E-state index in [0.717, 1.165) is 16.5 Å². The van der Waals surface area contributed by atoms with Gasteiger partial charge in [0.2, 0.25) is 5.91 Å². The van der Waals surface area contributed by atoms with Crippen LogP contribution < -0.4 is 10.6 Å². The number of carbonyl (C=O) groups is 2. The molecule has 27 heavy (non-hydrogen) atoms. The van der Waals surface area contributed by atoms with Gasteiger partial charge in [-0.25, -0.2) is 4.98 Å². The predicted octanol–water partition coefficient (Wildman–Crippen LogP) is 3.94. The number of para-hydroxylation sites is 1. The first kappa shape index (κ1) is 18.6. The second-order valence-electron chi connectivity index (χ2n) is 6.89. The van der Waals surface area contributed by atoms with Gasteiger partial charge in [-0.2, -0.15) is 0 Å². The lowest BCUT2D eigenvalue weighted by Gasteiger charge is -2.22. The van der Waals surface area contributed by atoms with Crippen molar-refractivity contribution in [2.75, 3.05) is 5.32 Å². The minimum Gasteiger partial charge on any atom is -0.340 e. The number of nitrogens with zero attached hydrogens (tertiary/aromatic N) is 1. The average molecular weight is 361 g/mol. The Balaban J connectivity index is 1.76. The molecule has 0 spiro atoms. The van der Waals surface area contributed by atoms with Crippen LogP contribution in [0.15, 0.2) is 60.7 Å². The zero-order chi connectivity index (χ0) is 19.4. The number of fused-ring (bicyclic) bond motifs is 1. The van der Waals surface area contributed by atoms with E-state index in [0.29, 0.717) is 11.4 Å². The molecule has 2 aromatic carbocycles. The van der Waals surface area contributed by atoms with Gasteiger partial charge < -0.3 is 10.6 Å². The zero-order valence-electron chi connectivity index (χ0n) is 15.7. The van der Waals surface area contributed by atoms with Crippen molar-refractivity contribution in [1.29, 1.82) is 0 Å². The second kappa shape index (κ2) is 7.99. The standard InChI is InChI=1S/C22H23N3O2/c1-14(2)20(25-21(26)17-10-6-4-8-15(17)3)22(27)24-19-13-12-16-9-5-7-11-18(16)23-19/h4-14,20H,1-3H3,(H,25,26)(H,23,24,27)/t20-/m1/s1. The highest BCUT2D eigenvalue weighted by Crippen LogP contribution is 2.16. The summed E-state index contributed by atoms with van der Waals surface area (Å²) in [5, 5.41) is 6.68. The van der Waals surface area contributed by atoms with Crippen molar-refractivity contribution in [1.82, 2.24) is 10.3 Å². The molecule has 0 aliphatic rings. The van der Waals surface area contributed by atoms with Crippen molar-refractivity contribution >= 4 is 28.5 Å². The fourth-order valence-electron chi connectivity index (χ4n) is 2.92. The summed E-state index contributed by atoms with van der Waals surface area (Å²) in [6, 6.07) is 18.0. The minimum absolute atomic E-state index is 0.0709. The highest BCUT2D eigenvalue weighted by Gasteiger charge is 2.25. The Morgan fingerprint density at radius 2 is 1.63 bits per heavy atom. The number of hydrogen-bond donors (Lipinski definition) is 2. The fourth-order valence-corrected chi connectivity index (χ4v) is 2.92. The maximum absolute atomic E-state index is 12.8. The molecule has 5 heteroatoms. The number of pyridine rings is 1. The van der Waals surface area contributed by atoms with Crippen LogP contribution in [0.5, 0.6) is 0 Å². The summed E-state index contributed by atoms with van der Waals surface area (Å²) in [4.78, 5) is 29.8. The van der Waals surface area contributed by atoms with E-state index in [1.54, 1.807) is 12.1 Å². The van der Waals surface area contributed by atoms with Crippen molar-refractivity contribution in [2.45, 2.75) is 26.8 Å². The van der Waals surface area contributed by atoms with Gasteiger partial charge in [0.15, 0.2) is 0 Å². The molecule has 0 unspecified atom stereocenters. The van der Waals surface area contributed by atoms with Crippen LogP contribution in [-0.2, 0) is 4.79 Å². The van der Waals surface area contributed by atoms with E-state index >= 15 is 0 Å². The van der Waals surface area contributed by atoms with Crippen LogP contribution in [0.25, 0.3) is 10.9 Å². The van der Waals surface area contributed by atoms with E-state index in [1.807, 2.05) is 69.3 Å². The molecular formula is C22H23N3O2. The van der Waals surface area contributed by atoms with Gasteiger partial charge >= 0.3 is 0 Å². The molecule has 0 bridgehead atoms. The fraction of sp³-hybridized carbons (Fsp3) is 0.227. The van der Waals surface area contributed by atoms with Gasteiger partial charge in [-0.1, -0.05) is 50.2 Å². The Morgan fingerprint density at radius 1 is 0.926 bits per heavy atom. The van der Waals surface area contributed by atoms with Crippen LogP contribution >= 0.6 is 0 Å². The first-order chi connectivity index (χ1) is 13.0. The van der Waals surface area contributed by atoms with Gasteiger partial charge in [-0.3, -0.25) is 9.59 Å². The molecule has 1 heterocycles. The predicted molar refractivity (Wildman–Crippen MR) is 108 cm³/mol. The number of aryl methyl sites for hydroxylation is 1. The minimum atomic E-state index is -0.662. The van der Waals surface area contributed by atoms with E-state index in [2.05, 4.69) is 15.6 Å². The number of rotatable bonds is 5. The van der Waals surface area contributed by atoms with Gasteiger partial charge in [0.05, 0.1) is 5.52 Å². The summed E-state index contributed by atoms with van der Waals surface area (Å²) in [6.07, 6.45) is 0. The van der Waals surface area contributed by atoms with Crippen molar-refractivity contribution < 1.29 is 9.59 Å². The SMILES string of the molecule is Cc1ccccc1C(=O)N[C@@H](C(=O)Nc1ccc2ccccc2n1)C(C)C. The number of hydrogen-bond acceptors (Lipinski definition) is 3. The quantitative estimate of drug-likeness (QED) is 0.723. The van der Waals surface area contributed by atoms with Crippen molar-refractivity contribution in [3.8, 4) is 0 Å². The average Bonchev–Trinajstić information content (AvgIpc) is 2.65. The molecule has 3 rings (SSSR count). The Hall–Kier alpha value is -3.21. The van der Waals surface area contributed by atoms with Crippen LogP contribution in [0.3, 0.4) is 0 Å². The van der Waals surface area contributed by atoms with E-state index < -0.39 is 6.04 Å². The summed E-state index contributed by atoms with van der Waals surface area (Å²) in [5.74, 6) is -0.143. The Labute approximate surface area is 158 Å². The molecule has 5 nitrogen and oxygen atoms in total. The van der Waals surface area contributed by atoms with Crippen molar-refractivity contribution in [3.63, 3.8) is 0 Å². The maximum atomic E-state index is 12.8. The molecule has 2 N–H and O–H groups in total. The number of benzene rings is 2. The van der Waals surface area contributed by atoms with Crippen LogP contribution in [0.4, 0.5) is 5.82 Å². The summed E-state index contributed by atoms with van der Waals surface area (Å²) in [6.45, 7) is 5.67. The molecule has 138 valence electrons. The normalized spacial score (nSPS) is 12.0. The zero-order valence-corrected chi connectivity index (χ0v) is 15.7. The topological polar surface area (TPSA) is 71.1 Å². The van der Waals surface area contributed by atoms with Gasteiger partial charge in [0.1, 0.15) is 11.9 Å². The van der Waals surface area contributed by atoms with E-state index in [9.17, 15) is 9.59 Å². The molecule has 0 radical (unpaired) electrons. The molecule has 2 amide bonds.